The Hall–Kier alpha value is -0.483. The minimum atomic E-state index is -1.13. The molecule has 0 heterocycles. The summed E-state index contributed by atoms with van der Waals surface area (Å²) in [6.45, 7) is 12.5. The minimum Gasteiger partial charge on any atom is -0.132 e. The Bertz CT molecular complexity index is 173. The van der Waals surface area contributed by atoms with Crippen molar-refractivity contribution in [3.63, 3.8) is 0 Å². The SMILES string of the molecule is C=C(C)CC#C[Si](C)(C)C. The topological polar surface area (TPSA) is 0 Å². The van der Waals surface area contributed by atoms with E-state index in [4.69, 9.17) is 0 Å². The molecule has 0 radical (unpaired) electrons. The number of allylic oxidation sites excluding steroid dienone is 1. The fourth-order valence-electron chi connectivity index (χ4n) is 0.460. The van der Waals surface area contributed by atoms with Crippen LogP contribution in [0.5, 0.6) is 0 Å². The molecule has 0 saturated heterocycles. The largest absolute Gasteiger partial charge is 0.132 e. The van der Waals surface area contributed by atoms with E-state index in [1.807, 2.05) is 6.92 Å². The highest BCUT2D eigenvalue weighted by molar-refractivity contribution is 6.83. The summed E-state index contributed by atoms with van der Waals surface area (Å²) < 4.78 is 0. The maximum Gasteiger partial charge on any atom is 0.129 e. The molecule has 0 saturated carbocycles. The van der Waals surface area contributed by atoms with Crippen LogP contribution in [-0.4, -0.2) is 8.07 Å². The Morgan fingerprint density at radius 2 is 1.90 bits per heavy atom. The summed E-state index contributed by atoms with van der Waals surface area (Å²) in [5.41, 5.74) is 4.44. The van der Waals surface area contributed by atoms with Gasteiger partial charge in [0.15, 0.2) is 0 Å². The molecule has 0 rings (SSSR count). The van der Waals surface area contributed by atoms with Crippen LogP contribution in [0.4, 0.5) is 0 Å². The van der Waals surface area contributed by atoms with Crippen molar-refractivity contribution in [2.75, 3.05) is 0 Å². The molecule has 0 bridgehead atoms. The van der Waals surface area contributed by atoms with Crippen molar-refractivity contribution in [2.24, 2.45) is 0 Å². The van der Waals surface area contributed by atoms with Crippen molar-refractivity contribution in [1.82, 2.24) is 0 Å². The van der Waals surface area contributed by atoms with E-state index >= 15 is 0 Å². The molecule has 1 heteroatoms. The summed E-state index contributed by atoms with van der Waals surface area (Å²) in [4.78, 5) is 0. The second kappa shape index (κ2) is 3.63. The third kappa shape index (κ3) is 7.52. The minimum absolute atomic E-state index is 0.865. The summed E-state index contributed by atoms with van der Waals surface area (Å²) in [5, 5.41) is 0. The van der Waals surface area contributed by atoms with Gasteiger partial charge in [0.1, 0.15) is 8.07 Å². The first kappa shape index (κ1) is 9.52. The summed E-state index contributed by atoms with van der Waals surface area (Å²) in [6, 6.07) is 0. The maximum absolute atomic E-state index is 3.79. The molecule has 0 aromatic heterocycles. The van der Waals surface area contributed by atoms with Crippen molar-refractivity contribution in [3.8, 4) is 11.5 Å². The molecule has 0 amide bonds. The van der Waals surface area contributed by atoms with Gasteiger partial charge in [-0.1, -0.05) is 31.8 Å². The fourth-order valence-corrected chi connectivity index (χ4v) is 1.08. The highest BCUT2D eigenvalue weighted by atomic mass is 28.3. The summed E-state index contributed by atoms with van der Waals surface area (Å²) in [7, 11) is -1.13. The molecule has 0 aliphatic rings. The molecule has 0 aromatic rings. The van der Waals surface area contributed by atoms with Gasteiger partial charge in [-0.15, -0.1) is 11.5 Å². The lowest BCUT2D eigenvalue weighted by atomic mass is 10.3. The van der Waals surface area contributed by atoms with E-state index in [1.54, 1.807) is 0 Å². The normalized spacial score (nSPS) is 10.0. The van der Waals surface area contributed by atoms with Gasteiger partial charge >= 0.3 is 0 Å². The van der Waals surface area contributed by atoms with Gasteiger partial charge in [0, 0.05) is 6.42 Å². The Morgan fingerprint density at radius 3 is 2.20 bits per heavy atom. The van der Waals surface area contributed by atoms with E-state index in [2.05, 4.69) is 37.7 Å². The predicted octanol–water partition coefficient (Wildman–Crippen LogP) is 2.83. The first-order valence-electron chi connectivity index (χ1n) is 3.56. The van der Waals surface area contributed by atoms with Gasteiger partial charge in [0.25, 0.3) is 0 Å². The van der Waals surface area contributed by atoms with Gasteiger partial charge in [-0.05, 0) is 6.92 Å². The van der Waals surface area contributed by atoms with Crippen LogP contribution in [0.25, 0.3) is 0 Å². The lowest BCUT2D eigenvalue weighted by Gasteiger charge is -2.02. The molecule has 0 atom stereocenters. The van der Waals surface area contributed by atoms with E-state index in [1.165, 1.54) is 0 Å². The molecule has 0 unspecified atom stereocenters. The molecule has 0 fully saturated rings. The van der Waals surface area contributed by atoms with Crippen LogP contribution in [0.1, 0.15) is 13.3 Å². The molecule has 0 N–H and O–H groups in total. The molecule has 56 valence electrons. The second-order valence-electron chi connectivity index (χ2n) is 3.69. The lowest BCUT2D eigenvalue weighted by Crippen LogP contribution is -2.16. The second-order valence-corrected chi connectivity index (χ2v) is 8.44. The van der Waals surface area contributed by atoms with Crippen LogP contribution in [0.2, 0.25) is 19.6 Å². The van der Waals surface area contributed by atoms with E-state index in [-0.39, 0.29) is 0 Å². The zero-order chi connectivity index (χ0) is 8.20. The van der Waals surface area contributed by atoms with Crippen molar-refractivity contribution in [1.29, 1.82) is 0 Å². The third-order valence-electron chi connectivity index (χ3n) is 0.854. The molecule has 0 spiro atoms. The van der Waals surface area contributed by atoms with Gasteiger partial charge in [-0.25, -0.2) is 0 Å². The van der Waals surface area contributed by atoms with Crippen LogP contribution in [0.3, 0.4) is 0 Å². The molecular formula is C9H16Si. The standard InChI is InChI=1S/C9H16Si/c1-9(2)7-6-8-10(3,4)5/h1,7H2,2-5H3. The Balaban J connectivity index is 3.82. The van der Waals surface area contributed by atoms with Crippen molar-refractivity contribution >= 4 is 8.07 Å². The van der Waals surface area contributed by atoms with Gasteiger partial charge in [0.2, 0.25) is 0 Å². The van der Waals surface area contributed by atoms with Gasteiger partial charge in [-0.2, -0.15) is 0 Å². The van der Waals surface area contributed by atoms with E-state index in [0.29, 0.717) is 0 Å². The fraction of sp³-hybridized carbons (Fsp3) is 0.556. The van der Waals surface area contributed by atoms with E-state index in [0.717, 1.165) is 12.0 Å². The number of rotatable bonds is 1. The van der Waals surface area contributed by atoms with Crippen LogP contribution in [-0.2, 0) is 0 Å². The molecule has 0 aliphatic heterocycles. The first-order valence-corrected chi connectivity index (χ1v) is 7.06. The number of hydrogen-bond acceptors (Lipinski definition) is 0. The molecule has 0 aromatic carbocycles. The predicted molar refractivity (Wildman–Crippen MR) is 50.6 cm³/mol. The zero-order valence-corrected chi connectivity index (χ0v) is 8.41. The highest BCUT2D eigenvalue weighted by Gasteiger charge is 2.06. The van der Waals surface area contributed by atoms with Gasteiger partial charge < -0.3 is 0 Å². The maximum atomic E-state index is 3.79. The lowest BCUT2D eigenvalue weighted by molar-refractivity contribution is 1.27. The molecule has 0 nitrogen and oxygen atoms in total. The van der Waals surface area contributed by atoms with E-state index < -0.39 is 8.07 Å². The van der Waals surface area contributed by atoms with Gasteiger partial charge in [0.05, 0.1) is 0 Å². The van der Waals surface area contributed by atoms with E-state index in [9.17, 15) is 0 Å². The van der Waals surface area contributed by atoms with Crippen LogP contribution in [0, 0.1) is 11.5 Å². The molecule has 10 heavy (non-hydrogen) atoms. The molecule has 0 aliphatic carbocycles. The quantitative estimate of drug-likeness (QED) is 0.308. The average Bonchev–Trinajstić information content (AvgIpc) is 1.59. The smallest absolute Gasteiger partial charge is 0.129 e. The molecular weight excluding hydrogens is 136 g/mol. The first-order chi connectivity index (χ1) is 4.42. The van der Waals surface area contributed by atoms with Crippen molar-refractivity contribution in [3.05, 3.63) is 12.2 Å². The Morgan fingerprint density at radius 1 is 1.40 bits per heavy atom. The summed E-state index contributed by atoms with van der Waals surface area (Å²) in [5.74, 6) is 3.14. The number of hydrogen-bond donors (Lipinski definition) is 0. The van der Waals surface area contributed by atoms with Crippen LogP contribution < -0.4 is 0 Å². The monoisotopic (exact) mass is 152 g/mol. The summed E-state index contributed by atoms with van der Waals surface area (Å²) in [6.07, 6.45) is 0.865. The average molecular weight is 152 g/mol. The van der Waals surface area contributed by atoms with Crippen molar-refractivity contribution in [2.45, 2.75) is 33.0 Å². The summed E-state index contributed by atoms with van der Waals surface area (Å²) >= 11 is 0. The highest BCUT2D eigenvalue weighted by Crippen LogP contribution is 1.98. The Kier molecular flexibility index (Phi) is 3.45. The van der Waals surface area contributed by atoms with Crippen LogP contribution in [0.15, 0.2) is 12.2 Å². The third-order valence-corrected chi connectivity index (χ3v) is 1.78. The zero-order valence-electron chi connectivity index (χ0n) is 7.41. The van der Waals surface area contributed by atoms with Gasteiger partial charge in [-0.3, -0.25) is 0 Å². The Labute approximate surface area is 65.3 Å². The van der Waals surface area contributed by atoms with Crippen molar-refractivity contribution < 1.29 is 0 Å². The van der Waals surface area contributed by atoms with Crippen LogP contribution >= 0.6 is 0 Å².